The summed E-state index contributed by atoms with van der Waals surface area (Å²) in [4.78, 5) is 0. The van der Waals surface area contributed by atoms with Gasteiger partial charge in [0.05, 0.1) is 10.0 Å². The van der Waals surface area contributed by atoms with Gasteiger partial charge in [-0.15, -0.1) is 23.2 Å². The predicted octanol–water partition coefficient (Wildman–Crippen LogP) is 6.09. The molecule has 2 aromatic rings. The van der Waals surface area contributed by atoms with Crippen molar-refractivity contribution in [2.24, 2.45) is 0 Å². The molecule has 0 atom stereocenters. The molecule has 0 aliphatic carbocycles. The van der Waals surface area contributed by atoms with Crippen LogP contribution >= 0.6 is 46.4 Å². The summed E-state index contributed by atoms with van der Waals surface area (Å²) in [6.07, 6.45) is 0.600. The van der Waals surface area contributed by atoms with E-state index in [2.05, 4.69) is 0 Å². The SMILES string of the molecule is Fc1ccc(C(CCl)(CCl)Cc2ccc(Cl)c(Cl)c2)cc1. The highest BCUT2D eigenvalue weighted by atomic mass is 35.5. The standard InChI is InChI=1S/C16H13Cl4F/c17-9-16(10-18,12-2-4-13(21)5-3-12)8-11-1-6-14(19)15(20)7-11/h1-7H,8-10H2. The highest BCUT2D eigenvalue weighted by molar-refractivity contribution is 6.42. The van der Waals surface area contributed by atoms with Crippen molar-refractivity contribution in [1.82, 2.24) is 0 Å². The Bertz CT molecular complexity index is 606. The number of hydrogen-bond donors (Lipinski definition) is 0. The molecule has 0 heterocycles. The van der Waals surface area contributed by atoms with Gasteiger partial charge >= 0.3 is 0 Å². The van der Waals surface area contributed by atoms with E-state index in [1.165, 1.54) is 12.1 Å². The van der Waals surface area contributed by atoms with Crippen LogP contribution in [0.4, 0.5) is 4.39 Å². The van der Waals surface area contributed by atoms with Crippen molar-refractivity contribution in [3.63, 3.8) is 0 Å². The van der Waals surface area contributed by atoms with Crippen molar-refractivity contribution in [2.45, 2.75) is 11.8 Å². The van der Waals surface area contributed by atoms with E-state index in [0.717, 1.165) is 11.1 Å². The van der Waals surface area contributed by atoms with E-state index >= 15 is 0 Å². The van der Waals surface area contributed by atoms with Crippen molar-refractivity contribution in [3.05, 3.63) is 69.5 Å². The lowest BCUT2D eigenvalue weighted by Gasteiger charge is -2.30. The van der Waals surface area contributed by atoms with Crippen LogP contribution in [0.3, 0.4) is 0 Å². The first-order chi connectivity index (χ1) is 10.0. The number of benzene rings is 2. The molecule has 0 saturated heterocycles. The van der Waals surface area contributed by atoms with Crippen LogP contribution in [0.2, 0.25) is 10.0 Å². The van der Waals surface area contributed by atoms with Crippen LogP contribution in [0.15, 0.2) is 42.5 Å². The molecule has 0 aliphatic rings. The molecular formula is C16H13Cl4F. The molecule has 5 heteroatoms. The topological polar surface area (TPSA) is 0 Å². The molecule has 0 saturated carbocycles. The molecule has 2 rings (SSSR count). The number of halogens is 5. The third-order valence-electron chi connectivity index (χ3n) is 3.49. The van der Waals surface area contributed by atoms with E-state index in [4.69, 9.17) is 46.4 Å². The van der Waals surface area contributed by atoms with Crippen molar-refractivity contribution in [2.75, 3.05) is 11.8 Å². The highest BCUT2D eigenvalue weighted by Crippen LogP contribution is 2.33. The summed E-state index contributed by atoms with van der Waals surface area (Å²) in [6.45, 7) is 0. The Hall–Kier alpha value is -0.470. The van der Waals surface area contributed by atoms with Crippen molar-refractivity contribution >= 4 is 46.4 Å². The van der Waals surface area contributed by atoms with Gasteiger partial charge in [0.2, 0.25) is 0 Å². The fourth-order valence-electron chi connectivity index (χ4n) is 2.23. The molecule has 0 nitrogen and oxygen atoms in total. The molecule has 112 valence electrons. The first-order valence-electron chi connectivity index (χ1n) is 6.33. The summed E-state index contributed by atoms with van der Waals surface area (Å²) < 4.78 is 13.1. The molecule has 0 radical (unpaired) electrons. The minimum atomic E-state index is -0.478. The second kappa shape index (κ2) is 7.19. The maximum absolute atomic E-state index is 13.1. The summed E-state index contributed by atoms with van der Waals surface area (Å²) in [5.41, 5.74) is 1.41. The minimum Gasteiger partial charge on any atom is -0.207 e. The Balaban J connectivity index is 2.37. The van der Waals surface area contributed by atoms with Crippen LogP contribution in [0.1, 0.15) is 11.1 Å². The lowest BCUT2D eigenvalue weighted by molar-refractivity contribution is 0.533. The zero-order valence-electron chi connectivity index (χ0n) is 11.1. The molecule has 0 aromatic heterocycles. The average molecular weight is 366 g/mol. The number of rotatable bonds is 5. The summed E-state index contributed by atoms with van der Waals surface area (Å²) in [7, 11) is 0. The lowest BCUT2D eigenvalue weighted by atomic mass is 9.79. The van der Waals surface area contributed by atoms with Crippen LogP contribution in [0, 0.1) is 5.82 Å². The first kappa shape index (κ1) is 16.9. The van der Waals surface area contributed by atoms with E-state index in [1.54, 1.807) is 24.3 Å². The van der Waals surface area contributed by atoms with Crippen LogP contribution in [0.5, 0.6) is 0 Å². The third kappa shape index (κ3) is 3.84. The fourth-order valence-corrected chi connectivity index (χ4v) is 3.33. The molecule has 0 N–H and O–H groups in total. The van der Waals surface area contributed by atoms with Gasteiger partial charge in [-0.3, -0.25) is 0 Å². The molecule has 0 bridgehead atoms. The molecular weight excluding hydrogens is 353 g/mol. The van der Waals surface area contributed by atoms with Gasteiger partial charge in [0.25, 0.3) is 0 Å². The zero-order valence-corrected chi connectivity index (χ0v) is 14.1. The Kier molecular flexibility index (Phi) is 5.79. The van der Waals surface area contributed by atoms with E-state index in [0.29, 0.717) is 28.2 Å². The Morgan fingerprint density at radius 1 is 0.857 bits per heavy atom. The van der Waals surface area contributed by atoms with Crippen molar-refractivity contribution < 1.29 is 4.39 Å². The van der Waals surface area contributed by atoms with Crippen LogP contribution < -0.4 is 0 Å². The van der Waals surface area contributed by atoms with Crippen molar-refractivity contribution in [1.29, 1.82) is 0 Å². The number of alkyl halides is 2. The second-order valence-corrected chi connectivity index (χ2v) is 6.33. The van der Waals surface area contributed by atoms with Crippen LogP contribution in [-0.2, 0) is 11.8 Å². The molecule has 21 heavy (non-hydrogen) atoms. The fraction of sp³-hybridized carbons (Fsp3) is 0.250. The lowest BCUT2D eigenvalue weighted by Crippen LogP contribution is -2.33. The average Bonchev–Trinajstić information content (AvgIpc) is 2.49. The normalized spacial score (nSPS) is 11.7. The van der Waals surface area contributed by atoms with E-state index in [1.807, 2.05) is 6.07 Å². The van der Waals surface area contributed by atoms with E-state index in [9.17, 15) is 4.39 Å². The zero-order chi connectivity index (χ0) is 15.5. The second-order valence-electron chi connectivity index (χ2n) is 4.98. The summed E-state index contributed by atoms with van der Waals surface area (Å²) >= 11 is 24.3. The van der Waals surface area contributed by atoms with Gasteiger partial charge in [0.1, 0.15) is 5.82 Å². The Morgan fingerprint density at radius 3 is 2.00 bits per heavy atom. The Morgan fingerprint density at radius 2 is 1.48 bits per heavy atom. The van der Waals surface area contributed by atoms with Gasteiger partial charge in [-0.1, -0.05) is 41.4 Å². The maximum Gasteiger partial charge on any atom is 0.123 e. The van der Waals surface area contributed by atoms with Crippen LogP contribution in [0.25, 0.3) is 0 Å². The molecule has 2 aromatic carbocycles. The van der Waals surface area contributed by atoms with Crippen LogP contribution in [-0.4, -0.2) is 11.8 Å². The largest absolute Gasteiger partial charge is 0.207 e. The number of hydrogen-bond acceptors (Lipinski definition) is 0. The smallest absolute Gasteiger partial charge is 0.123 e. The molecule has 0 amide bonds. The third-order valence-corrected chi connectivity index (χ3v) is 5.26. The van der Waals surface area contributed by atoms with Gasteiger partial charge in [-0.25, -0.2) is 4.39 Å². The summed E-state index contributed by atoms with van der Waals surface area (Å²) in [6, 6.07) is 11.7. The maximum atomic E-state index is 13.1. The predicted molar refractivity (Wildman–Crippen MR) is 89.7 cm³/mol. The van der Waals surface area contributed by atoms with Gasteiger partial charge in [0.15, 0.2) is 0 Å². The quantitative estimate of drug-likeness (QED) is 0.562. The van der Waals surface area contributed by atoms with Crippen molar-refractivity contribution in [3.8, 4) is 0 Å². The Labute approximate surface area is 143 Å². The highest BCUT2D eigenvalue weighted by Gasteiger charge is 2.31. The van der Waals surface area contributed by atoms with E-state index in [-0.39, 0.29) is 5.82 Å². The van der Waals surface area contributed by atoms with E-state index < -0.39 is 5.41 Å². The van der Waals surface area contributed by atoms with Gasteiger partial charge < -0.3 is 0 Å². The monoisotopic (exact) mass is 364 g/mol. The first-order valence-corrected chi connectivity index (χ1v) is 8.15. The van der Waals surface area contributed by atoms with Gasteiger partial charge in [-0.05, 0) is 41.8 Å². The summed E-state index contributed by atoms with van der Waals surface area (Å²) in [5, 5.41) is 0.996. The van der Waals surface area contributed by atoms with Gasteiger partial charge in [0, 0.05) is 17.2 Å². The molecule has 0 unspecified atom stereocenters. The molecule has 0 spiro atoms. The minimum absolute atomic E-state index is 0.286. The summed E-state index contributed by atoms with van der Waals surface area (Å²) in [5.74, 6) is 0.358. The molecule has 0 aliphatic heterocycles. The van der Waals surface area contributed by atoms with Gasteiger partial charge in [-0.2, -0.15) is 0 Å². The molecule has 0 fully saturated rings.